The van der Waals surface area contributed by atoms with Crippen LogP contribution in [0, 0.1) is 0 Å². The predicted octanol–water partition coefficient (Wildman–Crippen LogP) is 1.18. The summed E-state index contributed by atoms with van der Waals surface area (Å²) in [6.07, 6.45) is 1.15. The molecule has 1 heterocycles. The number of carboxylic acids is 1. The van der Waals surface area contributed by atoms with E-state index < -0.39 is 11.9 Å². The van der Waals surface area contributed by atoms with Gasteiger partial charge in [-0.3, -0.25) is 14.4 Å². The van der Waals surface area contributed by atoms with Gasteiger partial charge in [0.2, 0.25) is 5.91 Å². The fourth-order valence-electron chi connectivity index (χ4n) is 2.40. The molecule has 0 bridgehead atoms. The molecule has 0 aromatic rings. The van der Waals surface area contributed by atoms with E-state index in [2.05, 4.69) is 0 Å². The zero-order valence-corrected chi connectivity index (χ0v) is 11.4. The zero-order valence-electron chi connectivity index (χ0n) is 11.4. The van der Waals surface area contributed by atoms with Gasteiger partial charge in [0.15, 0.2) is 0 Å². The van der Waals surface area contributed by atoms with E-state index in [0.29, 0.717) is 19.4 Å². The highest BCUT2D eigenvalue weighted by Crippen LogP contribution is 2.24. The van der Waals surface area contributed by atoms with Crippen molar-refractivity contribution in [3.05, 3.63) is 0 Å². The summed E-state index contributed by atoms with van der Waals surface area (Å²) in [7, 11) is 0. The number of aliphatic carboxylic acids is 1. The molecule has 0 spiro atoms. The number of hydrogen-bond donors (Lipinski definition) is 1. The average molecular weight is 271 g/mol. The Morgan fingerprint density at radius 1 is 1.26 bits per heavy atom. The molecule has 6 nitrogen and oxygen atoms in total. The van der Waals surface area contributed by atoms with Gasteiger partial charge in [-0.1, -0.05) is 13.8 Å². The Hall–Kier alpha value is -1.59. The Balaban J connectivity index is 2.52. The minimum Gasteiger partial charge on any atom is -0.481 e. The van der Waals surface area contributed by atoms with Crippen molar-refractivity contribution >= 4 is 17.8 Å². The van der Waals surface area contributed by atoms with E-state index in [1.54, 1.807) is 11.8 Å². The molecular formula is C13H21NO5. The van der Waals surface area contributed by atoms with E-state index in [1.165, 1.54) is 0 Å². The van der Waals surface area contributed by atoms with Gasteiger partial charge in [0, 0.05) is 19.4 Å². The Kier molecular flexibility index (Phi) is 5.79. The lowest BCUT2D eigenvalue weighted by molar-refractivity contribution is -0.154. The third-order valence-corrected chi connectivity index (χ3v) is 3.35. The van der Waals surface area contributed by atoms with Crippen LogP contribution in [0.3, 0.4) is 0 Å². The second kappa shape index (κ2) is 7.11. The van der Waals surface area contributed by atoms with Gasteiger partial charge in [-0.2, -0.15) is 0 Å². The van der Waals surface area contributed by atoms with Gasteiger partial charge in [-0.25, -0.2) is 0 Å². The van der Waals surface area contributed by atoms with Crippen molar-refractivity contribution in [2.45, 2.75) is 58.1 Å². The van der Waals surface area contributed by atoms with Crippen LogP contribution in [0.25, 0.3) is 0 Å². The molecule has 0 aromatic heterocycles. The van der Waals surface area contributed by atoms with Crippen LogP contribution < -0.4 is 0 Å². The topological polar surface area (TPSA) is 83.9 Å². The molecular weight excluding hydrogens is 250 g/mol. The Morgan fingerprint density at radius 2 is 1.95 bits per heavy atom. The molecule has 1 saturated heterocycles. The number of ether oxygens (including phenoxy) is 1. The monoisotopic (exact) mass is 271 g/mol. The molecule has 6 heteroatoms. The van der Waals surface area contributed by atoms with Crippen LogP contribution in [0.5, 0.6) is 0 Å². The second-order valence-electron chi connectivity index (χ2n) is 4.63. The number of likely N-dealkylation sites (tertiary alicyclic amines) is 1. The highest BCUT2D eigenvalue weighted by atomic mass is 16.5. The molecule has 0 radical (unpaired) electrons. The molecule has 2 atom stereocenters. The van der Waals surface area contributed by atoms with E-state index >= 15 is 0 Å². The highest BCUT2D eigenvalue weighted by molar-refractivity contribution is 5.78. The normalized spacial score (nSPS) is 22.3. The molecule has 1 fully saturated rings. The molecule has 19 heavy (non-hydrogen) atoms. The van der Waals surface area contributed by atoms with Crippen molar-refractivity contribution < 1.29 is 24.2 Å². The molecule has 0 aromatic carbocycles. The van der Waals surface area contributed by atoms with Gasteiger partial charge >= 0.3 is 11.9 Å². The van der Waals surface area contributed by atoms with Gasteiger partial charge in [0.25, 0.3) is 0 Å². The predicted molar refractivity (Wildman–Crippen MR) is 67.4 cm³/mol. The number of carboxylic acid groups (broad SMARTS) is 1. The standard InChI is InChI=1S/C13H21NO5/c1-3-9-10(7-8-14(9)11(15)4-2)19-13(18)6-5-12(16)17/h9-10H,3-8H2,1-2H3,(H,16,17)/t9-,10-/m0/s1. The fourth-order valence-corrected chi connectivity index (χ4v) is 2.40. The summed E-state index contributed by atoms with van der Waals surface area (Å²) in [5.74, 6) is -1.45. The van der Waals surface area contributed by atoms with Crippen LogP contribution in [0.1, 0.15) is 46.0 Å². The van der Waals surface area contributed by atoms with Crippen molar-refractivity contribution in [1.82, 2.24) is 4.90 Å². The van der Waals surface area contributed by atoms with Crippen molar-refractivity contribution in [1.29, 1.82) is 0 Å². The van der Waals surface area contributed by atoms with E-state index in [1.807, 2.05) is 6.92 Å². The largest absolute Gasteiger partial charge is 0.481 e. The van der Waals surface area contributed by atoms with E-state index in [9.17, 15) is 14.4 Å². The average Bonchev–Trinajstić information content (AvgIpc) is 2.78. The van der Waals surface area contributed by atoms with Crippen LogP contribution in [-0.4, -0.2) is 46.5 Å². The summed E-state index contributed by atoms with van der Waals surface area (Å²) in [6.45, 7) is 4.35. The molecule has 108 valence electrons. The third kappa shape index (κ3) is 4.22. The lowest BCUT2D eigenvalue weighted by Crippen LogP contribution is -2.40. The van der Waals surface area contributed by atoms with E-state index in [0.717, 1.165) is 6.42 Å². The first-order valence-electron chi connectivity index (χ1n) is 6.70. The third-order valence-electron chi connectivity index (χ3n) is 3.35. The molecule has 1 aliphatic rings. The van der Waals surface area contributed by atoms with Gasteiger partial charge in [0.05, 0.1) is 18.9 Å². The van der Waals surface area contributed by atoms with Crippen molar-refractivity contribution in [3.8, 4) is 0 Å². The van der Waals surface area contributed by atoms with E-state index in [-0.39, 0.29) is 30.9 Å². The van der Waals surface area contributed by atoms with Crippen LogP contribution in [-0.2, 0) is 19.1 Å². The van der Waals surface area contributed by atoms with Crippen molar-refractivity contribution in [2.75, 3.05) is 6.54 Å². The van der Waals surface area contributed by atoms with Gasteiger partial charge in [-0.15, -0.1) is 0 Å². The van der Waals surface area contributed by atoms with Crippen LogP contribution in [0.4, 0.5) is 0 Å². The quantitative estimate of drug-likeness (QED) is 0.733. The first kappa shape index (κ1) is 15.5. The minimum atomic E-state index is -1.02. The first-order chi connectivity index (χ1) is 8.99. The lowest BCUT2D eigenvalue weighted by Gasteiger charge is -2.26. The number of amides is 1. The number of hydrogen-bond acceptors (Lipinski definition) is 4. The maximum atomic E-state index is 11.7. The summed E-state index contributed by atoms with van der Waals surface area (Å²) in [5.41, 5.74) is 0. The SMILES string of the molecule is CCC(=O)N1CC[C@H](OC(=O)CCC(=O)O)[C@@H]1CC. The van der Waals surface area contributed by atoms with Gasteiger partial charge in [0.1, 0.15) is 6.10 Å². The Morgan fingerprint density at radius 3 is 2.47 bits per heavy atom. The van der Waals surface area contributed by atoms with Gasteiger partial charge in [-0.05, 0) is 6.42 Å². The van der Waals surface area contributed by atoms with Crippen molar-refractivity contribution in [3.63, 3.8) is 0 Å². The Bertz CT molecular complexity index is 355. The number of carbonyl (C=O) groups excluding carboxylic acids is 2. The maximum Gasteiger partial charge on any atom is 0.306 e. The summed E-state index contributed by atoms with van der Waals surface area (Å²) >= 11 is 0. The molecule has 1 aliphatic heterocycles. The Labute approximate surface area is 112 Å². The van der Waals surface area contributed by atoms with Crippen molar-refractivity contribution in [2.24, 2.45) is 0 Å². The molecule has 0 aliphatic carbocycles. The second-order valence-corrected chi connectivity index (χ2v) is 4.63. The minimum absolute atomic E-state index is 0.0657. The number of esters is 1. The molecule has 1 N–H and O–H groups in total. The smallest absolute Gasteiger partial charge is 0.306 e. The summed E-state index contributed by atoms with van der Waals surface area (Å²) in [4.78, 5) is 35.4. The number of rotatable bonds is 6. The maximum absolute atomic E-state index is 11.7. The van der Waals surface area contributed by atoms with Gasteiger partial charge < -0.3 is 14.7 Å². The first-order valence-corrected chi connectivity index (χ1v) is 6.70. The highest BCUT2D eigenvalue weighted by Gasteiger charge is 2.37. The lowest BCUT2D eigenvalue weighted by atomic mass is 10.1. The number of carbonyl (C=O) groups is 3. The molecule has 0 unspecified atom stereocenters. The number of nitrogens with zero attached hydrogens (tertiary/aromatic N) is 1. The molecule has 1 rings (SSSR count). The fraction of sp³-hybridized carbons (Fsp3) is 0.769. The summed E-state index contributed by atoms with van der Waals surface area (Å²) in [6, 6.07) is -0.0822. The molecule has 1 amide bonds. The van der Waals surface area contributed by atoms with E-state index in [4.69, 9.17) is 9.84 Å². The van der Waals surface area contributed by atoms with Crippen LogP contribution in [0.15, 0.2) is 0 Å². The summed E-state index contributed by atoms with van der Waals surface area (Å²) in [5, 5.41) is 8.51. The van der Waals surface area contributed by atoms with Crippen LogP contribution >= 0.6 is 0 Å². The van der Waals surface area contributed by atoms with Crippen LogP contribution in [0.2, 0.25) is 0 Å². The zero-order chi connectivity index (χ0) is 14.4. The molecule has 0 saturated carbocycles. The summed E-state index contributed by atoms with van der Waals surface area (Å²) < 4.78 is 5.29.